The highest BCUT2D eigenvalue weighted by atomic mass is 35.5. The number of nitrogens with one attached hydrogen (secondary N) is 2. The van der Waals surface area contributed by atoms with Gasteiger partial charge < -0.3 is 10.1 Å². The van der Waals surface area contributed by atoms with Gasteiger partial charge in [-0.2, -0.15) is 0 Å². The van der Waals surface area contributed by atoms with E-state index in [1.54, 1.807) is 18.2 Å². The average Bonchev–Trinajstić information content (AvgIpc) is 2.60. The van der Waals surface area contributed by atoms with Gasteiger partial charge in [-0.3, -0.25) is 10.1 Å². The van der Waals surface area contributed by atoms with Crippen molar-refractivity contribution in [2.45, 2.75) is 26.2 Å². The zero-order valence-electron chi connectivity index (χ0n) is 14.5. The summed E-state index contributed by atoms with van der Waals surface area (Å²) in [7, 11) is 0. The first kappa shape index (κ1) is 20.5. The summed E-state index contributed by atoms with van der Waals surface area (Å²) in [5, 5.41) is 6.73. The first-order valence-corrected chi connectivity index (χ1v) is 9.34. The van der Waals surface area contributed by atoms with Crippen molar-refractivity contribution < 1.29 is 9.53 Å². The summed E-state index contributed by atoms with van der Waals surface area (Å²) < 4.78 is 5.39. The molecule has 0 fully saturated rings. The second-order valence-electron chi connectivity index (χ2n) is 5.76. The summed E-state index contributed by atoms with van der Waals surface area (Å²) in [6.07, 6.45) is 1.01. The lowest BCUT2D eigenvalue weighted by Crippen LogP contribution is -2.37. The summed E-state index contributed by atoms with van der Waals surface area (Å²) in [5.41, 5.74) is 2.03. The Kier molecular flexibility index (Phi) is 7.69. The predicted octanol–water partition coefficient (Wildman–Crippen LogP) is 5.40. The third-order valence-electron chi connectivity index (χ3n) is 3.86. The highest BCUT2D eigenvalue weighted by molar-refractivity contribution is 7.80. The van der Waals surface area contributed by atoms with Crippen molar-refractivity contribution in [3.63, 3.8) is 0 Å². The Labute approximate surface area is 168 Å². The number of anilines is 1. The van der Waals surface area contributed by atoms with E-state index >= 15 is 0 Å². The second kappa shape index (κ2) is 9.76. The highest BCUT2D eigenvalue weighted by Gasteiger charge is 2.12. The summed E-state index contributed by atoms with van der Waals surface area (Å²) in [4.78, 5) is 12.0. The number of ether oxygens (including phenoxy) is 1. The molecule has 2 rings (SSSR count). The van der Waals surface area contributed by atoms with Crippen molar-refractivity contribution in [1.29, 1.82) is 0 Å². The molecule has 0 bridgehead atoms. The third-order valence-corrected chi connectivity index (χ3v) is 4.59. The van der Waals surface area contributed by atoms with Crippen LogP contribution in [0, 0.1) is 0 Å². The van der Waals surface area contributed by atoms with E-state index in [1.165, 1.54) is 0 Å². The van der Waals surface area contributed by atoms with Crippen molar-refractivity contribution >= 4 is 52.1 Å². The molecule has 7 heteroatoms. The van der Waals surface area contributed by atoms with Gasteiger partial charge in [-0.1, -0.05) is 55.2 Å². The number of halogens is 2. The van der Waals surface area contributed by atoms with Gasteiger partial charge in [0, 0.05) is 10.7 Å². The average molecular weight is 411 g/mol. The van der Waals surface area contributed by atoms with E-state index in [0.29, 0.717) is 21.7 Å². The molecule has 2 N–H and O–H groups in total. The Hall–Kier alpha value is -1.82. The molecule has 0 aliphatic heterocycles. The molecule has 26 heavy (non-hydrogen) atoms. The van der Waals surface area contributed by atoms with Crippen LogP contribution in [-0.4, -0.2) is 17.6 Å². The lowest BCUT2D eigenvalue weighted by atomic mass is 9.97. The van der Waals surface area contributed by atoms with Crippen molar-refractivity contribution in [2.24, 2.45) is 0 Å². The fourth-order valence-corrected chi connectivity index (χ4v) is 3.00. The fraction of sp³-hybridized carbons (Fsp3) is 0.263. The van der Waals surface area contributed by atoms with E-state index in [-0.39, 0.29) is 17.6 Å². The second-order valence-corrected chi connectivity index (χ2v) is 7.01. The first-order chi connectivity index (χ1) is 12.4. The first-order valence-electron chi connectivity index (χ1n) is 8.18. The topological polar surface area (TPSA) is 50.4 Å². The minimum atomic E-state index is -0.380. The van der Waals surface area contributed by atoms with Crippen LogP contribution in [0.1, 0.15) is 31.7 Å². The number of hydrogen-bond acceptors (Lipinski definition) is 3. The number of carbonyl (C=O) groups excluding carboxylic acids is 1. The van der Waals surface area contributed by atoms with Crippen LogP contribution < -0.4 is 15.4 Å². The fourth-order valence-electron chi connectivity index (χ4n) is 2.31. The lowest BCUT2D eigenvalue weighted by Gasteiger charge is -2.17. The maximum absolute atomic E-state index is 12.0. The van der Waals surface area contributed by atoms with Gasteiger partial charge in [0.05, 0.1) is 5.02 Å². The molecule has 4 nitrogen and oxygen atoms in total. The van der Waals surface area contributed by atoms with Gasteiger partial charge in [-0.05, 0) is 54.4 Å². The molecule has 0 aromatic heterocycles. The van der Waals surface area contributed by atoms with Gasteiger partial charge in [-0.15, -0.1) is 0 Å². The Morgan fingerprint density at radius 1 is 1.23 bits per heavy atom. The number of hydrogen-bond donors (Lipinski definition) is 2. The van der Waals surface area contributed by atoms with Crippen molar-refractivity contribution in [3.8, 4) is 5.75 Å². The van der Waals surface area contributed by atoms with Crippen LogP contribution in [0.3, 0.4) is 0 Å². The molecule has 0 saturated heterocycles. The quantitative estimate of drug-likeness (QED) is 0.625. The Morgan fingerprint density at radius 2 is 1.96 bits per heavy atom. The largest absolute Gasteiger partial charge is 0.482 e. The molecule has 0 aliphatic carbocycles. The minimum Gasteiger partial charge on any atom is -0.482 e. The minimum absolute atomic E-state index is 0.212. The van der Waals surface area contributed by atoms with Crippen molar-refractivity contribution in [2.75, 3.05) is 11.9 Å². The third kappa shape index (κ3) is 5.87. The summed E-state index contributed by atoms with van der Waals surface area (Å²) >= 11 is 17.1. The summed E-state index contributed by atoms with van der Waals surface area (Å²) in [5.74, 6) is 0.384. The van der Waals surface area contributed by atoms with Crippen LogP contribution in [0.15, 0.2) is 42.5 Å². The van der Waals surface area contributed by atoms with E-state index in [9.17, 15) is 4.79 Å². The maximum atomic E-state index is 12.0. The molecule has 2 aromatic carbocycles. The smallest absolute Gasteiger partial charge is 0.264 e. The van der Waals surface area contributed by atoms with Gasteiger partial charge in [-0.25, -0.2) is 0 Å². The van der Waals surface area contributed by atoms with E-state index in [2.05, 4.69) is 24.5 Å². The number of benzene rings is 2. The molecule has 1 amide bonds. The van der Waals surface area contributed by atoms with E-state index in [1.807, 2.05) is 24.3 Å². The molecular formula is C19H20Cl2N2O2S. The van der Waals surface area contributed by atoms with E-state index in [4.69, 9.17) is 40.2 Å². The predicted molar refractivity (Wildman–Crippen MR) is 111 cm³/mol. The monoisotopic (exact) mass is 410 g/mol. The zero-order valence-corrected chi connectivity index (χ0v) is 16.8. The summed E-state index contributed by atoms with van der Waals surface area (Å²) in [6, 6.07) is 12.7. The molecule has 0 heterocycles. The lowest BCUT2D eigenvalue weighted by molar-refractivity contribution is -0.121. The van der Waals surface area contributed by atoms with Crippen LogP contribution in [0.5, 0.6) is 5.75 Å². The van der Waals surface area contributed by atoms with Gasteiger partial charge in [0.15, 0.2) is 11.7 Å². The molecule has 0 spiro atoms. The normalized spacial score (nSPS) is 11.5. The van der Waals surface area contributed by atoms with Crippen LogP contribution in [-0.2, 0) is 4.79 Å². The van der Waals surface area contributed by atoms with Gasteiger partial charge >= 0.3 is 0 Å². The highest BCUT2D eigenvalue weighted by Crippen LogP contribution is 2.28. The van der Waals surface area contributed by atoms with Gasteiger partial charge in [0.25, 0.3) is 5.91 Å². The van der Waals surface area contributed by atoms with Crippen LogP contribution in [0.2, 0.25) is 10.0 Å². The van der Waals surface area contributed by atoms with Crippen molar-refractivity contribution in [1.82, 2.24) is 5.32 Å². The Morgan fingerprint density at radius 3 is 2.65 bits per heavy atom. The molecule has 0 saturated carbocycles. The van der Waals surface area contributed by atoms with Crippen LogP contribution in [0.25, 0.3) is 0 Å². The molecule has 138 valence electrons. The van der Waals surface area contributed by atoms with E-state index < -0.39 is 0 Å². The maximum Gasteiger partial charge on any atom is 0.264 e. The van der Waals surface area contributed by atoms with E-state index in [0.717, 1.165) is 17.7 Å². The molecule has 2 aromatic rings. The number of carbonyl (C=O) groups is 1. The molecule has 1 atom stereocenters. The Bertz CT molecular complexity index is 799. The van der Waals surface area contributed by atoms with Crippen LogP contribution in [0.4, 0.5) is 5.69 Å². The molecule has 0 radical (unpaired) electrons. The number of rotatable bonds is 6. The molecule has 0 unspecified atom stereocenters. The Balaban J connectivity index is 1.91. The molecule has 0 aliphatic rings. The van der Waals surface area contributed by atoms with Crippen LogP contribution >= 0.6 is 35.4 Å². The number of amides is 1. The van der Waals surface area contributed by atoms with Gasteiger partial charge in [0.1, 0.15) is 5.75 Å². The van der Waals surface area contributed by atoms with Gasteiger partial charge in [0.2, 0.25) is 0 Å². The number of thiocarbonyl (C=S) groups is 1. The van der Waals surface area contributed by atoms with Crippen molar-refractivity contribution in [3.05, 3.63) is 58.1 Å². The number of para-hydroxylation sites is 1. The SMILES string of the molecule is CC[C@H](C)c1ccccc1NC(=S)NC(=O)COc1ccc(Cl)cc1Cl. The zero-order chi connectivity index (χ0) is 19.1. The molecular weight excluding hydrogens is 391 g/mol. The standard InChI is InChI=1S/C19H20Cl2N2O2S/c1-3-12(2)14-6-4-5-7-16(14)22-19(26)23-18(24)11-25-17-9-8-13(20)10-15(17)21/h4-10,12H,3,11H2,1-2H3,(H2,22,23,24,26)/t12-/m0/s1. The summed E-state index contributed by atoms with van der Waals surface area (Å²) in [6.45, 7) is 4.06.